The topological polar surface area (TPSA) is 103 Å². The van der Waals surface area contributed by atoms with Gasteiger partial charge in [0.25, 0.3) is 0 Å². The maximum absolute atomic E-state index is 9.10. The van der Waals surface area contributed by atoms with E-state index in [0.29, 0.717) is 5.88 Å². The molecule has 0 aliphatic carbocycles. The highest BCUT2D eigenvalue weighted by Gasteiger charge is 2.19. The lowest BCUT2D eigenvalue weighted by Gasteiger charge is -2.35. The van der Waals surface area contributed by atoms with Crippen LogP contribution < -0.4 is 9.64 Å². The molecule has 1 saturated heterocycles. The van der Waals surface area contributed by atoms with E-state index in [1.807, 2.05) is 26.0 Å². The lowest BCUT2D eigenvalue weighted by Crippen LogP contribution is -2.47. The van der Waals surface area contributed by atoms with Gasteiger partial charge in [0, 0.05) is 50.2 Å². The molecule has 0 radical (unpaired) electrons. The van der Waals surface area contributed by atoms with Crippen LogP contribution in [0.15, 0.2) is 24.7 Å². The van der Waals surface area contributed by atoms with E-state index in [1.54, 1.807) is 12.5 Å². The van der Waals surface area contributed by atoms with Crippen molar-refractivity contribution in [2.75, 3.05) is 44.2 Å². The van der Waals surface area contributed by atoms with Gasteiger partial charge in [-0.05, 0) is 13.8 Å². The van der Waals surface area contributed by atoms with Crippen LogP contribution in [0.1, 0.15) is 13.8 Å². The quantitative estimate of drug-likeness (QED) is 0.657. The van der Waals surface area contributed by atoms with E-state index in [1.165, 1.54) is 0 Å². The SMILES string of the molecule is CC(C)Oc1cc2c(-c3cc(N4CCN(CCO)CC4)ncn3)n[nH]c2cn1. The Morgan fingerprint density at radius 2 is 1.96 bits per heavy atom. The minimum Gasteiger partial charge on any atom is -0.475 e. The zero-order chi connectivity index (χ0) is 19.5. The van der Waals surface area contributed by atoms with E-state index in [0.717, 1.165) is 60.8 Å². The van der Waals surface area contributed by atoms with Crippen LogP contribution in [0, 0.1) is 0 Å². The highest BCUT2D eigenvalue weighted by molar-refractivity contribution is 5.92. The van der Waals surface area contributed by atoms with Gasteiger partial charge in [-0.3, -0.25) is 10.00 Å². The molecular weight excluding hydrogens is 358 g/mol. The molecule has 0 atom stereocenters. The fraction of sp³-hybridized carbons (Fsp3) is 0.474. The predicted molar refractivity (Wildman–Crippen MR) is 106 cm³/mol. The number of rotatable bonds is 6. The van der Waals surface area contributed by atoms with Gasteiger partial charge in [0.1, 0.15) is 17.8 Å². The minimum absolute atomic E-state index is 0.0513. The number of β-amino-alcohol motifs (C(OH)–C–C–N with tert-alkyl or cyclic N) is 1. The second-order valence-electron chi connectivity index (χ2n) is 7.12. The number of nitrogens with zero attached hydrogens (tertiary/aromatic N) is 6. The highest BCUT2D eigenvalue weighted by Crippen LogP contribution is 2.28. The van der Waals surface area contributed by atoms with Crippen molar-refractivity contribution in [2.45, 2.75) is 20.0 Å². The minimum atomic E-state index is 0.0513. The molecule has 4 heterocycles. The Balaban J connectivity index is 1.59. The molecule has 2 N–H and O–H groups in total. The van der Waals surface area contributed by atoms with Crippen LogP contribution in [0.3, 0.4) is 0 Å². The third-order valence-corrected chi connectivity index (χ3v) is 4.79. The number of hydrogen-bond acceptors (Lipinski definition) is 8. The molecule has 9 heteroatoms. The summed E-state index contributed by atoms with van der Waals surface area (Å²) in [6.07, 6.45) is 3.36. The number of anilines is 1. The van der Waals surface area contributed by atoms with Crippen molar-refractivity contribution in [1.82, 2.24) is 30.0 Å². The molecule has 1 aliphatic rings. The molecule has 28 heavy (non-hydrogen) atoms. The van der Waals surface area contributed by atoms with Crippen LogP contribution in [0.25, 0.3) is 22.3 Å². The zero-order valence-corrected chi connectivity index (χ0v) is 16.2. The molecule has 3 aromatic heterocycles. The van der Waals surface area contributed by atoms with Crippen LogP contribution >= 0.6 is 0 Å². The summed E-state index contributed by atoms with van der Waals surface area (Å²) in [5, 5.41) is 17.5. The molecule has 1 aliphatic heterocycles. The Labute approximate surface area is 163 Å². The van der Waals surface area contributed by atoms with Crippen molar-refractivity contribution in [3.8, 4) is 17.3 Å². The fourth-order valence-corrected chi connectivity index (χ4v) is 3.39. The monoisotopic (exact) mass is 383 g/mol. The number of hydrogen-bond donors (Lipinski definition) is 2. The largest absolute Gasteiger partial charge is 0.475 e. The number of aliphatic hydroxyl groups excluding tert-OH is 1. The van der Waals surface area contributed by atoms with Gasteiger partial charge in [0.15, 0.2) is 0 Å². The van der Waals surface area contributed by atoms with E-state index < -0.39 is 0 Å². The number of aromatic nitrogens is 5. The van der Waals surface area contributed by atoms with E-state index >= 15 is 0 Å². The molecule has 0 saturated carbocycles. The van der Waals surface area contributed by atoms with Gasteiger partial charge in [0.2, 0.25) is 5.88 Å². The molecule has 0 amide bonds. The fourth-order valence-electron chi connectivity index (χ4n) is 3.39. The Bertz CT molecular complexity index is 935. The van der Waals surface area contributed by atoms with E-state index in [-0.39, 0.29) is 12.7 Å². The van der Waals surface area contributed by atoms with Crippen molar-refractivity contribution in [3.63, 3.8) is 0 Å². The third-order valence-electron chi connectivity index (χ3n) is 4.79. The van der Waals surface area contributed by atoms with E-state index in [2.05, 4.69) is 34.9 Å². The Hall–Kier alpha value is -2.78. The summed E-state index contributed by atoms with van der Waals surface area (Å²) < 4.78 is 5.72. The van der Waals surface area contributed by atoms with Gasteiger partial charge < -0.3 is 14.7 Å². The van der Waals surface area contributed by atoms with Gasteiger partial charge >= 0.3 is 0 Å². The number of pyridine rings is 1. The van der Waals surface area contributed by atoms with Crippen LogP contribution in [0.2, 0.25) is 0 Å². The van der Waals surface area contributed by atoms with E-state index in [4.69, 9.17) is 9.84 Å². The number of nitrogens with one attached hydrogen (secondary N) is 1. The van der Waals surface area contributed by atoms with Gasteiger partial charge in [-0.1, -0.05) is 0 Å². The van der Waals surface area contributed by atoms with Gasteiger partial charge in [-0.2, -0.15) is 5.10 Å². The highest BCUT2D eigenvalue weighted by atomic mass is 16.5. The van der Waals surface area contributed by atoms with Crippen molar-refractivity contribution in [3.05, 3.63) is 24.7 Å². The molecule has 4 rings (SSSR count). The average molecular weight is 383 g/mol. The van der Waals surface area contributed by atoms with Gasteiger partial charge in [0.05, 0.1) is 30.1 Å². The summed E-state index contributed by atoms with van der Waals surface area (Å²) in [4.78, 5) is 17.7. The number of fused-ring (bicyclic) bond motifs is 1. The second kappa shape index (κ2) is 8.07. The first-order valence-corrected chi connectivity index (χ1v) is 9.55. The Kier molecular flexibility index (Phi) is 5.36. The van der Waals surface area contributed by atoms with Crippen molar-refractivity contribution in [1.29, 1.82) is 0 Å². The maximum atomic E-state index is 9.10. The molecule has 0 aromatic carbocycles. The normalized spacial score (nSPS) is 15.5. The smallest absolute Gasteiger partial charge is 0.214 e. The number of H-pyrrole nitrogens is 1. The molecule has 0 spiro atoms. The summed E-state index contributed by atoms with van der Waals surface area (Å²) in [7, 11) is 0. The molecule has 3 aromatic rings. The zero-order valence-electron chi connectivity index (χ0n) is 16.2. The second-order valence-corrected chi connectivity index (χ2v) is 7.12. The molecule has 148 valence electrons. The molecule has 1 fully saturated rings. The first kappa shape index (κ1) is 18.6. The van der Waals surface area contributed by atoms with Crippen LogP contribution in [0.5, 0.6) is 5.88 Å². The van der Waals surface area contributed by atoms with Crippen molar-refractivity contribution in [2.24, 2.45) is 0 Å². The van der Waals surface area contributed by atoms with Crippen molar-refractivity contribution >= 4 is 16.7 Å². The lowest BCUT2D eigenvalue weighted by molar-refractivity contribution is 0.188. The number of aromatic amines is 1. The predicted octanol–water partition coefficient (Wildman–Crippen LogP) is 1.32. The molecular formula is C19H25N7O2. The van der Waals surface area contributed by atoms with Gasteiger partial charge in [-0.15, -0.1) is 0 Å². The summed E-state index contributed by atoms with van der Waals surface area (Å²) >= 11 is 0. The van der Waals surface area contributed by atoms with Gasteiger partial charge in [-0.25, -0.2) is 15.0 Å². The van der Waals surface area contributed by atoms with Crippen LogP contribution in [-0.4, -0.2) is 80.6 Å². The number of aliphatic hydroxyl groups is 1. The third kappa shape index (κ3) is 3.90. The Morgan fingerprint density at radius 1 is 1.14 bits per heavy atom. The average Bonchev–Trinajstić information content (AvgIpc) is 3.12. The first-order valence-electron chi connectivity index (χ1n) is 9.55. The summed E-state index contributed by atoms with van der Waals surface area (Å²) in [6.45, 7) is 8.41. The van der Waals surface area contributed by atoms with Crippen molar-refractivity contribution < 1.29 is 9.84 Å². The Morgan fingerprint density at radius 3 is 2.71 bits per heavy atom. The maximum Gasteiger partial charge on any atom is 0.214 e. The van der Waals surface area contributed by atoms with Crippen LogP contribution in [-0.2, 0) is 0 Å². The number of piperazine rings is 1. The first-order chi connectivity index (χ1) is 13.6. The lowest BCUT2D eigenvalue weighted by atomic mass is 10.2. The summed E-state index contributed by atoms with van der Waals surface area (Å²) in [5.41, 5.74) is 2.35. The molecule has 0 unspecified atom stereocenters. The summed E-state index contributed by atoms with van der Waals surface area (Å²) in [5.74, 6) is 1.46. The number of ether oxygens (including phenoxy) is 1. The standard InChI is InChI=1S/C19H25N7O2/c1-13(2)28-18-9-14-16(11-20-18)23-24-19(14)15-10-17(22-12-21-15)26-5-3-25(4-6-26)7-8-27/h9-13,27H,3-8H2,1-2H3,(H,23,24). The molecule has 9 nitrogen and oxygen atoms in total. The molecule has 0 bridgehead atoms. The van der Waals surface area contributed by atoms with Crippen LogP contribution in [0.4, 0.5) is 5.82 Å². The van der Waals surface area contributed by atoms with E-state index in [9.17, 15) is 0 Å². The summed E-state index contributed by atoms with van der Waals surface area (Å²) in [6, 6.07) is 3.87.